The van der Waals surface area contributed by atoms with Crippen LogP contribution in [0.15, 0.2) is 47.4 Å². The molecule has 2 aromatic heterocycles. The maximum absolute atomic E-state index is 13.2. The molecule has 0 amide bonds. The fourth-order valence-corrected chi connectivity index (χ4v) is 4.84. The maximum atomic E-state index is 13.2. The van der Waals surface area contributed by atoms with Crippen molar-refractivity contribution < 1.29 is 0 Å². The molecule has 0 radical (unpaired) electrons. The van der Waals surface area contributed by atoms with Crippen LogP contribution in [0.5, 0.6) is 0 Å². The predicted octanol–water partition coefficient (Wildman–Crippen LogP) is 4.92. The molecule has 2 N–H and O–H groups in total. The minimum Gasteiger partial charge on any atom is -0.324 e. The molecule has 3 heterocycles. The fraction of sp³-hybridized carbons (Fsp3) is 0.250. The molecular weight excluding hydrogens is 459 g/mol. The van der Waals surface area contributed by atoms with Crippen molar-refractivity contribution in [1.29, 1.82) is 0 Å². The standard InChI is InChI=1S/C24H22Cl2N6O/c1-13-20-16(22(33)32(31-13)21-18(25)5-4-6-19(21)26)11-28-23(30-20)29-15-7-8-17-14(9-15)10-27-12-24(17,2)3/h4-9,11,27H,10,12H2,1-3H3,(H,28,29,30). The number of benzene rings is 2. The number of fused-ring (bicyclic) bond motifs is 2. The van der Waals surface area contributed by atoms with Crippen molar-refractivity contribution >= 4 is 45.7 Å². The summed E-state index contributed by atoms with van der Waals surface area (Å²) < 4.78 is 1.21. The van der Waals surface area contributed by atoms with Crippen molar-refractivity contribution in [2.24, 2.45) is 0 Å². The second-order valence-electron chi connectivity index (χ2n) is 8.81. The Morgan fingerprint density at radius 1 is 1.15 bits per heavy atom. The highest BCUT2D eigenvalue weighted by molar-refractivity contribution is 6.37. The first-order chi connectivity index (χ1) is 15.7. The number of rotatable bonds is 3. The Hall–Kier alpha value is -3.00. The van der Waals surface area contributed by atoms with Gasteiger partial charge in [0.1, 0.15) is 11.2 Å². The molecule has 0 atom stereocenters. The van der Waals surface area contributed by atoms with Crippen molar-refractivity contribution in [3.63, 3.8) is 0 Å². The molecule has 1 aliphatic rings. The van der Waals surface area contributed by atoms with Crippen molar-refractivity contribution in [2.75, 3.05) is 11.9 Å². The van der Waals surface area contributed by atoms with Gasteiger partial charge in [-0.25, -0.2) is 9.97 Å². The highest BCUT2D eigenvalue weighted by Gasteiger charge is 2.27. The summed E-state index contributed by atoms with van der Waals surface area (Å²) in [6.07, 6.45) is 1.51. The third-order valence-electron chi connectivity index (χ3n) is 5.93. The molecule has 0 saturated carbocycles. The molecule has 0 unspecified atom stereocenters. The molecule has 0 spiro atoms. The van der Waals surface area contributed by atoms with Gasteiger partial charge in [-0.05, 0) is 42.3 Å². The largest absolute Gasteiger partial charge is 0.324 e. The molecule has 0 fully saturated rings. The van der Waals surface area contributed by atoms with Crippen LogP contribution < -0.4 is 16.2 Å². The topological polar surface area (TPSA) is 84.7 Å². The predicted molar refractivity (Wildman–Crippen MR) is 132 cm³/mol. The first-order valence-electron chi connectivity index (χ1n) is 10.6. The van der Waals surface area contributed by atoms with Gasteiger partial charge in [-0.15, -0.1) is 0 Å². The van der Waals surface area contributed by atoms with Crippen molar-refractivity contribution in [1.82, 2.24) is 25.1 Å². The number of para-hydroxylation sites is 1. The van der Waals surface area contributed by atoms with Crippen LogP contribution >= 0.6 is 23.2 Å². The zero-order valence-corrected chi connectivity index (χ0v) is 19.9. The maximum Gasteiger partial charge on any atom is 0.282 e. The van der Waals surface area contributed by atoms with Crippen molar-refractivity contribution in [3.05, 3.63) is 79.8 Å². The lowest BCUT2D eigenvalue weighted by molar-refractivity contribution is 0.435. The third-order valence-corrected chi connectivity index (χ3v) is 6.54. The van der Waals surface area contributed by atoms with Gasteiger partial charge in [0, 0.05) is 30.4 Å². The first kappa shape index (κ1) is 21.8. The van der Waals surface area contributed by atoms with Gasteiger partial charge in [0.05, 0.1) is 21.1 Å². The van der Waals surface area contributed by atoms with E-state index in [0.717, 1.165) is 18.8 Å². The van der Waals surface area contributed by atoms with Crippen LogP contribution in [-0.4, -0.2) is 26.3 Å². The average molecular weight is 481 g/mol. The molecule has 0 saturated heterocycles. The van der Waals surface area contributed by atoms with Crippen LogP contribution in [0.3, 0.4) is 0 Å². The van der Waals surface area contributed by atoms with Crippen molar-refractivity contribution in [3.8, 4) is 5.69 Å². The van der Waals surface area contributed by atoms with Gasteiger partial charge in [-0.2, -0.15) is 9.78 Å². The third kappa shape index (κ3) is 3.86. The minimum absolute atomic E-state index is 0.0821. The Balaban J connectivity index is 1.54. The van der Waals surface area contributed by atoms with E-state index >= 15 is 0 Å². The van der Waals surface area contributed by atoms with Crippen LogP contribution in [0, 0.1) is 6.92 Å². The van der Waals surface area contributed by atoms with Gasteiger partial charge in [0.15, 0.2) is 0 Å². The van der Waals surface area contributed by atoms with Crippen molar-refractivity contribution in [2.45, 2.75) is 32.7 Å². The lowest BCUT2D eigenvalue weighted by atomic mass is 9.79. The monoisotopic (exact) mass is 480 g/mol. The number of hydrogen-bond acceptors (Lipinski definition) is 6. The second-order valence-corrected chi connectivity index (χ2v) is 9.63. The van der Waals surface area contributed by atoms with Crippen LogP contribution in [0.4, 0.5) is 11.6 Å². The van der Waals surface area contributed by atoms with Crippen LogP contribution in [-0.2, 0) is 12.0 Å². The fourth-order valence-electron chi connectivity index (χ4n) is 4.29. The van der Waals surface area contributed by atoms with Gasteiger partial charge in [-0.1, -0.05) is 49.2 Å². The SMILES string of the molecule is Cc1nn(-c2c(Cl)cccc2Cl)c(=O)c2cnc(Nc3ccc4c(c3)CNCC4(C)C)nc12. The van der Waals surface area contributed by atoms with E-state index in [1.54, 1.807) is 25.1 Å². The lowest BCUT2D eigenvalue weighted by Gasteiger charge is -2.33. The summed E-state index contributed by atoms with van der Waals surface area (Å²) in [6, 6.07) is 11.3. The van der Waals surface area contributed by atoms with Gasteiger partial charge in [0.2, 0.25) is 5.95 Å². The van der Waals surface area contributed by atoms with E-state index < -0.39 is 0 Å². The number of halogens is 2. The number of aromatic nitrogens is 4. The van der Waals surface area contributed by atoms with Crippen LogP contribution in [0.1, 0.15) is 30.7 Å². The normalized spacial score (nSPS) is 14.8. The lowest BCUT2D eigenvalue weighted by Crippen LogP contribution is -2.38. The Morgan fingerprint density at radius 3 is 2.67 bits per heavy atom. The Kier molecular flexibility index (Phi) is 5.35. The van der Waals surface area contributed by atoms with E-state index in [1.165, 1.54) is 22.0 Å². The number of aryl methyl sites for hydroxylation is 1. The molecule has 0 bridgehead atoms. The summed E-state index contributed by atoms with van der Waals surface area (Å²) in [7, 11) is 0. The van der Waals surface area contributed by atoms with Crippen LogP contribution in [0.2, 0.25) is 10.0 Å². The minimum atomic E-state index is -0.390. The molecule has 5 rings (SSSR count). The number of anilines is 2. The summed E-state index contributed by atoms with van der Waals surface area (Å²) in [5.41, 5.74) is 4.52. The molecule has 7 nitrogen and oxygen atoms in total. The van der Waals surface area contributed by atoms with Gasteiger partial charge in [0.25, 0.3) is 5.56 Å². The Bertz CT molecular complexity index is 1440. The van der Waals surface area contributed by atoms with Gasteiger partial charge in [-0.3, -0.25) is 4.79 Å². The molecule has 9 heteroatoms. The summed E-state index contributed by atoms with van der Waals surface area (Å²) >= 11 is 12.6. The highest BCUT2D eigenvalue weighted by Crippen LogP contribution is 2.32. The van der Waals surface area contributed by atoms with Gasteiger partial charge >= 0.3 is 0 Å². The van der Waals surface area contributed by atoms with E-state index in [2.05, 4.69) is 51.7 Å². The average Bonchev–Trinajstić information content (AvgIpc) is 2.76. The van der Waals surface area contributed by atoms with E-state index in [-0.39, 0.29) is 11.0 Å². The van der Waals surface area contributed by atoms with E-state index in [4.69, 9.17) is 23.2 Å². The number of nitrogens with zero attached hydrogens (tertiary/aromatic N) is 4. The van der Waals surface area contributed by atoms with Gasteiger partial charge < -0.3 is 10.6 Å². The summed E-state index contributed by atoms with van der Waals surface area (Å²) in [5.74, 6) is 0.392. The quantitative estimate of drug-likeness (QED) is 0.433. The molecule has 33 heavy (non-hydrogen) atoms. The van der Waals surface area contributed by atoms with E-state index in [1.807, 2.05) is 6.07 Å². The molecule has 2 aromatic carbocycles. The first-order valence-corrected chi connectivity index (χ1v) is 11.3. The summed E-state index contributed by atoms with van der Waals surface area (Å²) in [5, 5.41) is 12.1. The summed E-state index contributed by atoms with van der Waals surface area (Å²) in [4.78, 5) is 22.1. The van der Waals surface area contributed by atoms with E-state index in [9.17, 15) is 4.79 Å². The summed E-state index contributed by atoms with van der Waals surface area (Å²) in [6.45, 7) is 8.02. The molecular formula is C24H22Cl2N6O. The number of nitrogens with one attached hydrogen (secondary N) is 2. The van der Waals surface area contributed by atoms with Crippen LogP contribution in [0.25, 0.3) is 16.6 Å². The molecule has 0 aliphatic carbocycles. The zero-order chi connectivity index (χ0) is 23.3. The zero-order valence-electron chi connectivity index (χ0n) is 18.4. The molecule has 168 valence electrons. The highest BCUT2D eigenvalue weighted by atomic mass is 35.5. The Morgan fingerprint density at radius 2 is 1.91 bits per heavy atom. The van der Waals surface area contributed by atoms with E-state index in [0.29, 0.717) is 38.3 Å². The molecule has 1 aliphatic heterocycles. The Labute approximate surface area is 200 Å². The molecule has 4 aromatic rings. The number of hydrogen-bond donors (Lipinski definition) is 2. The smallest absolute Gasteiger partial charge is 0.282 e. The second kappa shape index (κ2) is 8.09.